The third kappa shape index (κ3) is 2.43. The summed E-state index contributed by atoms with van der Waals surface area (Å²) in [5.41, 5.74) is 3.44. The Morgan fingerprint density at radius 1 is 1.24 bits per heavy atom. The highest BCUT2D eigenvalue weighted by molar-refractivity contribution is 14.1. The molecule has 0 amide bonds. The average Bonchev–Trinajstić information content (AvgIpc) is 2.22. The van der Waals surface area contributed by atoms with Crippen LogP contribution < -0.4 is 0 Å². The van der Waals surface area contributed by atoms with E-state index in [0.29, 0.717) is 0 Å². The van der Waals surface area contributed by atoms with Crippen molar-refractivity contribution in [3.8, 4) is 0 Å². The Balaban J connectivity index is 2.84. The molecule has 1 aromatic carbocycles. The lowest BCUT2D eigenvalue weighted by molar-refractivity contribution is 0.590. The number of pyridine rings is 1. The van der Waals surface area contributed by atoms with E-state index >= 15 is 0 Å². The van der Waals surface area contributed by atoms with E-state index in [9.17, 15) is 0 Å². The Morgan fingerprint density at radius 3 is 2.47 bits per heavy atom. The summed E-state index contributed by atoms with van der Waals surface area (Å²) < 4.78 is 1.16. The van der Waals surface area contributed by atoms with Gasteiger partial charge in [0.15, 0.2) is 0 Å². The number of hydrogen-bond donors (Lipinski definition) is 0. The summed E-state index contributed by atoms with van der Waals surface area (Å²) in [5, 5.41) is 1.88. The minimum atomic E-state index is 0.126. The second kappa shape index (κ2) is 4.39. The van der Waals surface area contributed by atoms with Gasteiger partial charge in [-0.1, -0.05) is 32.4 Å². The number of halogens is 2. The quantitative estimate of drug-likeness (QED) is 0.596. The van der Waals surface area contributed by atoms with Crippen LogP contribution in [0.5, 0.6) is 0 Å². The molecule has 0 aliphatic rings. The van der Waals surface area contributed by atoms with Crippen LogP contribution in [-0.2, 0) is 5.41 Å². The molecule has 2 rings (SSSR count). The highest BCUT2D eigenvalue weighted by atomic mass is 127. The topological polar surface area (TPSA) is 12.9 Å². The monoisotopic (exact) mass is 359 g/mol. The number of nitrogens with zero attached hydrogens (tertiary/aromatic N) is 1. The first-order valence-corrected chi connectivity index (χ1v) is 7.01. The molecule has 1 heterocycles. The van der Waals surface area contributed by atoms with Gasteiger partial charge < -0.3 is 0 Å². The third-order valence-electron chi connectivity index (χ3n) is 2.90. The van der Waals surface area contributed by atoms with E-state index < -0.39 is 0 Å². The van der Waals surface area contributed by atoms with Gasteiger partial charge in [0.2, 0.25) is 0 Å². The molecule has 0 N–H and O–H groups in total. The summed E-state index contributed by atoms with van der Waals surface area (Å²) in [7, 11) is 0. The Morgan fingerprint density at radius 2 is 1.88 bits per heavy atom. The number of aryl methyl sites for hydroxylation is 1. The van der Waals surface area contributed by atoms with Crippen molar-refractivity contribution in [2.24, 2.45) is 0 Å². The van der Waals surface area contributed by atoms with Crippen LogP contribution >= 0.6 is 34.2 Å². The van der Waals surface area contributed by atoms with Crippen LogP contribution in [0.4, 0.5) is 0 Å². The van der Waals surface area contributed by atoms with Gasteiger partial charge in [-0.25, -0.2) is 0 Å². The van der Waals surface area contributed by atoms with E-state index in [1.807, 2.05) is 13.1 Å². The molecule has 0 aliphatic carbocycles. The molecule has 0 bridgehead atoms. The molecular formula is C14H15ClIN. The molecule has 0 atom stereocenters. The summed E-state index contributed by atoms with van der Waals surface area (Å²) >= 11 is 8.71. The summed E-state index contributed by atoms with van der Waals surface area (Å²) in [6, 6.07) is 4.36. The zero-order valence-electron chi connectivity index (χ0n) is 10.4. The minimum Gasteiger partial charge on any atom is -0.255 e. The van der Waals surface area contributed by atoms with Crippen LogP contribution in [0.2, 0.25) is 5.02 Å². The largest absolute Gasteiger partial charge is 0.255 e. The first-order valence-electron chi connectivity index (χ1n) is 5.55. The van der Waals surface area contributed by atoms with Crippen LogP contribution in [0.3, 0.4) is 0 Å². The van der Waals surface area contributed by atoms with Gasteiger partial charge in [0.1, 0.15) is 0 Å². The fourth-order valence-corrected chi connectivity index (χ4v) is 2.72. The average molecular weight is 360 g/mol. The molecule has 0 spiro atoms. The van der Waals surface area contributed by atoms with Gasteiger partial charge in [0, 0.05) is 15.2 Å². The van der Waals surface area contributed by atoms with Crippen molar-refractivity contribution in [3.05, 3.63) is 38.0 Å². The van der Waals surface area contributed by atoms with Gasteiger partial charge in [-0.3, -0.25) is 4.98 Å². The maximum absolute atomic E-state index is 6.38. The molecule has 1 nitrogen and oxygen atoms in total. The maximum atomic E-state index is 6.38. The molecule has 3 heteroatoms. The van der Waals surface area contributed by atoms with E-state index in [0.717, 1.165) is 25.1 Å². The summed E-state index contributed by atoms with van der Waals surface area (Å²) in [4.78, 5) is 4.47. The molecule has 0 unspecified atom stereocenters. The Hall–Kier alpha value is -0.350. The third-order valence-corrected chi connectivity index (χ3v) is 4.22. The second-order valence-corrected chi connectivity index (χ2v) is 6.90. The minimum absolute atomic E-state index is 0.126. The zero-order chi connectivity index (χ0) is 12.8. The number of aromatic nitrogens is 1. The van der Waals surface area contributed by atoms with Crippen LogP contribution in [0.25, 0.3) is 10.9 Å². The number of benzene rings is 1. The first-order chi connectivity index (χ1) is 7.80. The maximum Gasteiger partial charge on any atom is 0.0850 e. The Bertz CT molecular complexity index is 585. The molecule has 0 fully saturated rings. The zero-order valence-corrected chi connectivity index (χ0v) is 13.3. The second-order valence-electron chi connectivity index (χ2n) is 5.36. The lowest BCUT2D eigenvalue weighted by Crippen LogP contribution is -2.11. The van der Waals surface area contributed by atoms with Gasteiger partial charge in [-0.15, -0.1) is 0 Å². The number of hydrogen-bond acceptors (Lipinski definition) is 1. The Kier molecular flexibility index (Phi) is 3.38. The van der Waals surface area contributed by atoms with Crippen molar-refractivity contribution in [2.45, 2.75) is 33.1 Å². The van der Waals surface area contributed by atoms with Crippen molar-refractivity contribution in [3.63, 3.8) is 0 Å². The molecule has 2 aromatic rings. The summed E-state index contributed by atoms with van der Waals surface area (Å²) in [6.07, 6.45) is 1.84. The molecule has 0 aliphatic heterocycles. The van der Waals surface area contributed by atoms with E-state index in [4.69, 9.17) is 11.6 Å². The molecule has 17 heavy (non-hydrogen) atoms. The van der Waals surface area contributed by atoms with E-state index in [1.54, 1.807) is 0 Å². The molecule has 1 aromatic heterocycles. The molecule has 0 radical (unpaired) electrons. The normalized spacial score (nSPS) is 12.1. The van der Waals surface area contributed by atoms with Crippen molar-refractivity contribution in [1.82, 2.24) is 4.98 Å². The number of rotatable bonds is 0. The molecule has 0 saturated heterocycles. The van der Waals surface area contributed by atoms with Crippen molar-refractivity contribution >= 4 is 45.1 Å². The molecule has 90 valence electrons. The van der Waals surface area contributed by atoms with Crippen LogP contribution in [0, 0.1) is 10.5 Å². The summed E-state index contributed by atoms with van der Waals surface area (Å²) in [6.45, 7) is 8.62. The highest BCUT2D eigenvalue weighted by Crippen LogP contribution is 2.33. The van der Waals surface area contributed by atoms with E-state index in [2.05, 4.69) is 60.5 Å². The van der Waals surface area contributed by atoms with Crippen molar-refractivity contribution in [1.29, 1.82) is 0 Å². The predicted octanol–water partition coefficient (Wildman–Crippen LogP) is 5.10. The van der Waals surface area contributed by atoms with Gasteiger partial charge >= 0.3 is 0 Å². The van der Waals surface area contributed by atoms with Crippen molar-refractivity contribution < 1.29 is 0 Å². The molecule has 0 saturated carbocycles. The van der Waals surface area contributed by atoms with Crippen LogP contribution in [-0.4, -0.2) is 4.98 Å². The van der Waals surface area contributed by atoms with Gasteiger partial charge in [-0.05, 0) is 58.2 Å². The fourth-order valence-electron chi connectivity index (χ4n) is 1.76. The lowest BCUT2D eigenvalue weighted by Gasteiger charge is -2.20. The molecular weight excluding hydrogens is 345 g/mol. The predicted molar refractivity (Wildman–Crippen MR) is 82.9 cm³/mol. The van der Waals surface area contributed by atoms with E-state index in [-0.39, 0.29) is 5.41 Å². The Labute approximate surface area is 121 Å². The first kappa shape index (κ1) is 13.1. The lowest BCUT2D eigenvalue weighted by atomic mass is 9.86. The van der Waals surface area contributed by atoms with Crippen LogP contribution in [0.1, 0.15) is 31.9 Å². The SMILES string of the molecule is Cc1cnc2c(I)cc(C(C)(C)C)cc2c1Cl. The van der Waals surface area contributed by atoms with Crippen LogP contribution in [0.15, 0.2) is 18.3 Å². The van der Waals surface area contributed by atoms with Gasteiger partial charge in [0.05, 0.1) is 10.5 Å². The van der Waals surface area contributed by atoms with E-state index in [1.165, 1.54) is 5.56 Å². The summed E-state index contributed by atoms with van der Waals surface area (Å²) in [5.74, 6) is 0. The standard InChI is InChI=1S/C14H15ClIN/c1-8-7-17-13-10(12(8)15)5-9(6-11(13)16)14(2,3)4/h5-7H,1-4H3. The van der Waals surface area contributed by atoms with Gasteiger partial charge in [0.25, 0.3) is 0 Å². The van der Waals surface area contributed by atoms with Gasteiger partial charge in [-0.2, -0.15) is 0 Å². The number of fused-ring (bicyclic) bond motifs is 1. The highest BCUT2D eigenvalue weighted by Gasteiger charge is 2.17. The fraction of sp³-hybridized carbons (Fsp3) is 0.357. The van der Waals surface area contributed by atoms with Crippen molar-refractivity contribution in [2.75, 3.05) is 0 Å². The smallest absolute Gasteiger partial charge is 0.0850 e.